The number of aryl methyl sites for hydroxylation is 2. The van der Waals surface area contributed by atoms with Crippen molar-refractivity contribution in [3.8, 4) is 0 Å². The van der Waals surface area contributed by atoms with Gasteiger partial charge >= 0.3 is 0 Å². The number of Topliss-reactive ketones (excluding diaryl/α,β-unsaturated/α-hetero) is 1. The van der Waals surface area contributed by atoms with Gasteiger partial charge in [0.15, 0.2) is 5.78 Å². The second-order valence-corrected chi connectivity index (χ2v) is 8.19. The lowest BCUT2D eigenvalue weighted by Gasteiger charge is -2.34. The summed E-state index contributed by atoms with van der Waals surface area (Å²) in [6.07, 6.45) is 2.54. The average molecular weight is 360 g/mol. The largest absolute Gasteiger partial charge is 0.358 e. The molecule has 5 rings (SSSR count). The molecular formula is C22H20N2OS. The van der Waals surface area contributed by atoms with Crippen molar-refractivity contribution in [3.63, 3.8) is 0 Å². The zero-order valence-corrected chi connectivity index (χ0v) is 15.7. The van der Waals surface area contributed by atoms with E-state index >= 15 is 0 Å². The summed E-state index contributed by atoms with van der Waals surface area (Å²) in [5, 5.41) is 6.86. The Labute approximate surface area is 156 Å². The van der Waals surface area contributed by atoms with Gasteiger partial charge in [-0.1, -0.05) is 6.07 Å². The topological polar surface area (TPSA) is 42.0 Å². The highest BCUT2D eigenvalue weighted by Gasteiger charge is 2.37. The number of nitrogens with one attached hydrogen (secondary N) is 1. The number of anilines is 1. The van der Waals surface area contributed by atoms with E-state index < -0.39 is 0 Å². The maximum atomic E-state index is 12.9. The summed E-state index contributed by atoms with van der Waals surface area (Å²) in [6.45, 7) is 4.16. The summed E-state index contributed by atoms with van der Waals surface area (Å²) in [4.78, 5) is 18.9. The Hall–Kier alpha value is -2.46. The van der Waals surface area contributed by atoms with E-state index in [-0.39, 0.29) is 5.92 Å². The number of fused-ring (bicyclic) bond motifs is 3. The van der Waals surface area contributed by atoms with Gasteiger partial charge in [-0.05, 0) is 67.5 Å². The van der Waals surface area contributed by atoms with Crippen molar-refractivity contribution in [2.45, 2.75) is 39.0 Å². The van der Waals surface area contributed by atoms with E-state index in [0.29, 0.717) is 12.2 Å². The molecule has 0 spiro atoms. The molecule has 0 amide bonds. The molecule has 0 radical (unpaired) electrons. The molecule has 1 aliphatic heterocycles. The van der Waals surface area contributed by atoms with Gasteiger partial charge in [0.25, 0.3) is 0 Å². The molecule has 1 N–H and O–H groups in total. The first-order chi connectivity index (χ1) is 12.6. The maximum absolute atomic E-state index is 12.9. The highest BCUT2D eigenvalue weighted by atomic mass is 32.1. The third-order valence-electron chi connectivity index (χ3n) is 5.54. The Morgan fingerprint density at radius 2 is 2.00 bits per heavy atom. The molecule has 1 atom stereocenters. The van der Waals surface area contributed by atoms with Gasteiger partial charge in [-0.2, -0.15) is 0 Å². The normalized spacial score (nSPS) is 19.3. The van der Waals surface area contributed by atoms with Gasteiger partial charge in [0, 0.05) is 39.3 Å². The van der Waals surface area contributed by atoms with Crippen LogP contribution in [0.15, 0.2) is 47.0 Å². The predicted molar refractivity (Wildman–Crippen MR) is 107 cm³/mol. The van der Waals surface area contributed by atoms with Crippen molar-refractivity contribution in [3.05, 3.63) is 68.7 Å². The number of thiophene rings is 1. The van der Waals surface area contributed by atoms with Crippen LogP contribution in [0.2, 0.25) is 0 Å². The van der Waals surface area contributed by atoms with Crippen molar-refractivity contribution >= 4 is 33.7 Å². The van der Waals surface area contributed by atoms with Gasteiger partial charge in [-0.25, -0.2) is 0 Å². The minimum absolute atomic E-state index is 0.0160. The lowest BCUT2D eigenvalue weighted by atomic mass is 9.76. The monoisotopic (exact) mass is 360 g/mol. The standard InChI is InChI=1S/C22H20N2OS/c1-12-10-11-26-22(12)21-19-14-7-6-13(2)23-15(14)8-9-17(19)24-16-4-3-5-18(25)20(16)21/h6-11,21,24H,3-5H2,1-2H3/t21-/m1/s1. The Morgan fingerprint density at radius 1 is 1.12 bits per heavy atom. The summed E-state index contributed by atoms with van der Waals surface area (Å²) in [6, 6.07) is 10.6. The van der Waals surface area contributed by atoms with Gasteiger partial charge in [-0.3, -0.25) is 9.78 Å². The highest BCUT2D eigenvalue weighted by molar-refractivity contribution is 7.10. The molecule has 130 valence electrons. The summed E-state index contributed by atoms with van der Waals surface area (Å²) in [5.41, 5.74) is 7.68. The van der Waals surface area contributed by atoms with Gasteiger partial charge in [0.05, 0.1) is 11.4 Å². The van der Waals surface area contributed by atoms with Crippen LogP contribution in [0.4, 0.5) is 5.69 Å². The minimum Gasteiger partial charge on any atom is -0.358 e. The van der Waals surface area contributed by atoms with E-state index in [1.165, 1.54) is 16.0 Å². The number of rotatable bonds is 1. The van der Waals surface area contributed by atoms with E-state index in [0.717, 1.165) is 46.4 Å². The molecule has 2 aromatic heterocycles. The number of carbonyl (C=O) groups is 1. The molecule has 2 aliphatic rings. The van der Waals surface area contributed by atoms with Crippen molar-refractivity contribution in [2.24, 2.45) is 0 Å². The highest BCUT2D eigenvalue weighted by Crippen LogP contribution is 2.49. The van der Waals surface area contributed by atoms with Crippen LogP contribution in [0, 0.1) is 13.8 Å². The van der Waals surface area contributed by atoms with Crippen molar-refractivity contribution in [1.82, 2.24) is 4.98 Å². The third kappa shape index (κ3) is 2.25. The molecule has 0 bridgehead atoms. The maximum Gasteiger partial charge on any atom is 0.161 e. The lowest BCUT2D eigenvalue weighted by Crippen LogP contribution is -2.27. The summed E-state index contributed by atoms with van der Waals surface area (Å²) < 4.78 is 0. The molecule has 3 aromatic rings. The second kappa shape index (κ2) is 5.78. The average Bonchev–Trinajstić information content (AvgIpc) is 3.05. The number of carbonyl (C=O) groups excluding carboxylic acids is 1. The number of ketones is 1. The first-order valence-corrected chi connectivity index (χ1v) is 9.99. The molecule has 26 heavy (non-hydrogen) atoms. The molecule has 0 saturated carbocycles. The zero-order valence-electron chi connectivity index (χ0n) is 14.9. The van der Waals surface area contributed by atoms with Crippen molar-refractivity contribution < 1.29 is 4.79 Å². The molecule has 0 unspecified atom stereocenters. The minimum atomic E-state index is 0.0160. The number of allylic oxidation sites excluding steroid dienone is 2. The SMILES string of the molecule is Cc1ccc2c3c(ccc2n1)NC1=C(C(=O)CCC1)[C@@H]3c1sccc1C. The van der Waals surface area contributed by atoms with E-state index in [2.05, 4.69) is 48.0 Å². The molecule has 3 nitrogen and oxygen atoms in total. The van der Waals surface area contributed by atoms with Gasteiger partial charge in [0.2, 0.25) is 0 Å². The Kier molecular flexibility index (Phi) is 3.50. The fraction of sp³-hybridized carbons (Fsp3) is 0.273. The van der Waals surface area contributed by atoms with Crippen LogP contribution >= 0.6 is 11.3 Å². The fourth-order valence-electron chi connectivity index (χ4n) is 4.33. The first kappa shape index (κ1) is 15.8. The Morgan fingerprint density at radius 3 is 2.81 bits per heavy atom. The smallest absolute Gasteiger partial charge is 0.161 e. The third-order valence-corrected chi connectivity index (χ3v) is 6.62. The van der Waals surface area contributed by atoms with Crippen LogP contribution in [0.5, 0.6) is 0 Å². The van der Waals surface area contributed by atoms with Crippen LogP contribution < -0.4 is 5.32 Å². The molecule has 3 heterocycles. The molecule has 0 saturated heterocycles. The van der Waals surface area contributed by atoms with Crippen LogP contribution in [0.1, 0.15) is 46.9 Å². The summed E-state index contributed by atoms with van der Waals surface area (Å²) >= 11 is 1.75. The van der Waals surface area contributed by atoms with Gasteiger partial charge in [-0.15, -0.1) is 11.3 Å². The van der Waals surface area contributed by atoms with Gasteiger partial charge < -0.3 is 5.32 Å². The molecule has 1 aliphatic carbocycles. The number of benzene rings is 1. The zero-order chi connectivity index (χ0) is 17.8. The van der Waals surface area contributed by atoms with Crippen LogP contribution in [-0.4, -0.2) is 10.8 Å². The fourth-order valence-corrected chi connectivity index (χ4v) is 5.37. The van der Waals surface area contributed by atoms with E-state index in [9.17, 15) is 4.79 Å². The number of nitrogens with zero attached hydrogens (tertiary/aromatic N) is 1. The van der Waals surface area contributed by atoms with E-state index in [4.69, 9.17) is 4.98 Å². The van der Waals surface area contributed by atoms with E-state index in [1.807, 2.05) is 6.92 Å². The summed E-state index contributed by atoms with van der Waals surface area (Å²) in [5.74, 6) is 0.307. The summed E-state index contributed by atoms with van der Waals surface area (Å²) in [7, 11) is 0. The molecular weight excluding hydrogens is 340 g/mol. The van der Waals surface area contributed by atoms with Gasteiger partial charge in [0.1, 0.15) is 0 Å². The molecule has 1 aromatic carbocycles. The van der Waals surface area contributed by atoms with Crippen molar-refractivity contribution in [1.29, 1.82) is 0 Å². The Bertz CT molecular complexity index is 1090. The number of aromatic nitrogens is 1. The Balaban J connectivity index is 1.85. The lowest BCUT2D eigenvalue weighted by molar-refractivity contribution is -0.116. The molecule has 0 fully saturated rings. The second-order valence-electron chi connectivity index (χ2n) is 7.24. The number of pyridine rings is 1. The quantitative estimate of drug-likeness (QED) is 0.625. The first-order valence-electron chi connectivity index (χ1n) is 9.11. The predicted octanol–water partition coefficient (Wildman–Crippen LogP) is 5.48. The number of hydrogen-bond donors (Lipinski definition) is 1. The van der Waals surface area contributed by atoms with Crippen LogP contribution in [0.3, 0.4) is 0 Å². The van der Waals surface area contributed by atoms with E-state index in [1.54, 1.807) is 11.3 Å². The van der Waals surface area contributed by atoms with Crippen LogP contribution in [-0.2, 0) is 4.79 Å². The number of hydrogen-bond acceptors (Lipinski definition) is 4. The molecule has 4 heteroatoms. The van der Waals surface area contributed by atoms with Crippen LogP contribution in [0.25, 0.3) is 10.9 Å². The van der Waals surface area contributed by atoms with Crippen molar-refractivity contribution in [2.75, 3.05) is 5.32 Å².